The number of hydrogen-bond donors (Lipinski definition) is 0. The summed E-state index contributed by atoms with van der Waals surface area (Å²) in [6.45, 7) is 0. The molecule has 0 fully saturated rings. The van der Waals surface area contributed by atoms with E-state index in [4.69, 9.17) is 9.97 Å². The first kappa shape index (κ1) is 23.2. The molecule has 196 valence electrons. The number of aromatic nitrogens is 2. The Morgan fingerprint density at radius 3 is 2.00 bits per heavy atom. The molecule has 0 unspecified atom stereocenters. The molecule has 0 aliphatic carbocycles. The zero-order valence-corrected chi connectivity index (χ0v) is 22.8. The van der Waals surface area contributed by atoms with Gasteiger partial charge in [-0.25, -0.2) is 9.97 Å². The number of anilines is 3. The molecule has 0 N–H and O–H groups in total. The van der Waals surface area contributed by atoms with Gasteiger partial charge in [0.05, 0.1) is 22.6 Å². The van der Waals surface area contributed by atoms with Crippen LogP contribution in [-0.4, -0.2) is 9.97 Å². The average Bonchev–Trinajstić information content (AvgIpc) is 3.18. The maximum atomic E-state index is 5.24. The van der Waals surface area contributed by atoms with E-state index in [9.17, 15) is 0 Å². The van der Waals surface area contributed by atoms with Crippen LogP contribution in [0.3, 0.4) is 0 Å². The van der Waals surface area contributed by atoms with E-state index in [-0.39, 0.29) is 0 Å². The minimum atomic E-state index is 0.747. The van der Waals surface area contributed by atoms with Crippen LogP contribution in [0.4, 0.5) is 17.1 Å². The van der Waals surface area contributed by atoms with Crippen LogP contribution in [0.15, 0.2) is 140 Å². The maximum Gasteiger partial charge on any atom is 0.160 e. The number of benzene rings is 6. The molecule has 42 heavy (non-hydrogen) atoms. The highest BCUT2D eigenvalue weighted by Gasteiger charge is 2.32. The second kappa shape index (κ2) is 8.98. The quantitative estimate of drug-likeness (QED) is 0.221. The molecule has 2 aliphatic rings. The van der Waals surface area contributed by atoms with Crippen molar-refractivity contribution in [3.63, 3.8) is 0 Å². The van der Waals surface area contributed by atoms with Gasteiger partial charge in [-0.3, -0.25) is 0 Å². The Bertz CT molecular complexity index is 2180. The Kier molecular flexibility index (Phi) is 4.96. The van der Waals surface area contributed by atoms with Crippen LogP contribution in [-0.2, 0) is 6.42 Å². The lowest BCUT2D eigenvalue weighted by Gasteiger charge is -2.35. The molecular formula is C39H25N3. The Morgan fingerprint density at radius 2 is 1.14 bits per heavy atom. The maximum absolute atomic E-state index is 5.24. The Labute approximate surface area is 244 Å². The van der Waals surface area contributed by atoms with Gasteiger partial charge in [0.15, 0.2) is 5.82 Å². The van der Waals surface area contributed by atoms with Gasteiger partial charge in [0, 0.05) is 39.7 Å². The van der Waals surface area contributed by atoms with E-state index in [1.165, 1.54) is 50.4 Å². The topological polar surface area (TPSA) is 29.0 Å². The number of fused-ring (bicyclic) bond motifs is 8. The van der Waals surface area contributed by atoms with Crippen LogP contribution in [0, 0.1) is 0 Å². The first-order valence-electron chi connectivity index (χ1n) is 14.4. The monoisotopic (exact) mass is 535 g/mol. The molecule has 0 saturated heterocycles. The van der Waals surface area contributed by atoms with E-state index in [1.807, 2.05) is 6.07 Å². The summed E-state index contributed by atoms with van der Waals surface area (Å²) in [6, 6.07) is 49.7. The van der Waals surface area contributed by atoms with E-state index in [2.05, 4.69) is 138 Å². The summed E-state index contributed by atoms with van der Waals surface area (Å²) < 4.78 is 0. The lowest BCUT2D eigenvalue weighted by atomic mass is 9.88. The fraction of sp³-hybridized carbons (Fsp3) is 0.0256. The number of nitrogens with zero attached hydrogens (tertiary/aromatic N) is 3. The number of hydrogen-bond acceptors (Lipinski definition) is 3. The van der Waals surface area contributed by atoms with Crippen LogP contribution in [0.2, 0.25) is 0 Å². The van der Waals surface area contributed by atoms with Crippen molar-refractivity contribution in [2.75, 3.05) is 4.90 Å². The van der Waals surface area contributed by atoms with Crippen molar-refractivity contribution in [1.82, 2.24) is 9.97 Å². The van der Waals surface area contributed by atoms with E-state index < -0.39 is 0 Å². The molecule has 9 rings (SSSR count). The SMILES string of the molecule is c1ccc(-c2nc(-c3cc4c5c(c3)-c3ccccc3-c3ccccc3N5c3ccccc3C4)nc3ccccc23)cc1. The highest BCUT2D eigenvalue weighted by Crippen LogP contribution is 2.55. The number of para-hydroxylation sites is 3. The normalized spacial score (nSPS) is 12.6. The van der Waals surface area contributed by atoms with Gasteiger partial charge in [0.1, 0.15) is 0 Å². The van der Waals surface area contributed by atoms with Gasteiger partial charge in [-0.05, 0) is 52.6 Å². The third kappa shape index (κ3) is 3.40. The van der Waals surface area contributed by atoms with Crippen molar-refractivity contribution in [3.8, 4) is 44.9 Å². The summed E-state index contributed by atoms with van der Waals surface area (Å²) in [5, 5.41) is 1.06. The van der Waals surface area contributed by atoms with Crippen LogP contribution in [0.25, 0.3) is 55.8 Å². The highest BCUT2D eigenvalue weighted by molar-refractivity contribution is 6.05. The van der Waals surface area contributed by atoms with E-state index in [0.717, 1.165) is 40.0 Å². The summed E-state index contributed by atoms with van der Waals surface area (Å²) in [4.78, 5) is 12.8. The fourth-order valence-electron chi connectivity index (χ4n) is 6.75. The van der Waals surface area contributed by atoms with Crippen molar-refractivity contribution < 1.29 is 0 Å². The molecule has 0 bridgehead atoms. The minimum absolute atomic E-state index is 0.747. The second-order valence-electron chi connectivity index (χ2n) is 11.0. The van der Waals surface area contributed by atoms with Gasteiger partial charge in [-0.15, -0.1) is 0 Å². The molecule has 7 aromatic rings. The van der Waals surface area contributed by atoms with Crippen LogP contribution in [0.5, 0.6) is 0 Å². The fourth-order valence-corrected chi connectivity index (χ4v) is 6.75. The van der Waals surface area contributed by atoms with Crippen molar-refractivity contribution in [2.24, 2.45) is 0 Å². The van der Waals surface area contributed by atoms with E-state index >= 15 is 0 Å². The van der Waals surface area contributed by atoms with Crippen molar-refractivity contribution in [1.29, 1.82) is 0 Å². The molecule has 3 nitrogen and oxygen atoms in total. The largest absolute Gasteiger partial charge is 0.309 e. The van der Waals surface area contributed by atoms with Crippen LogP contribution < -0.4 is 4.90 Å². The summed E-state index contributed by atoms with van der Waals surface area (Å²) in [5.41, 5.74) is 15.3. The van der Waals surface area contributed by atoms with Gasteiger partial charge < -0.3 is 4.90 Å². The molecule has 0 radical (unpaired) electrons. The molecule has 0 atom stereocenters. The molecular weight excluding hydrogens is 510 g/mol. The third-order valence-corrected chi connectivity index (χ3v) is 8.59. The molecule has 0 amide bonds. The summed E-state index contributed by atoms with van der Waals surface area (Å²) in [7, 11) is 0. The van der Waals surface area contributed by atoms with Crippen molar-refractivity contribution in [2.45, 2.75) is 6.42 Å². The summed E-state index contributed by atoms with van der Waals surface area (Å²) in [6.07, 6.45) is 0.853. The van der Waals surface area contributed by atoms with E-state index in [0.29, 0.717) is 0 Å². The first-order valence-corrected chi connectivity index (χ1v) is 14.4. The third-order valence-electron chi connectivity index (χ3n) is 8.59. The van der Waals surface area contributed by atoms with Crippen molar-refractivity contribution in [3.05, 3.63) is 151 Å². The van der Waals surface area contributed by atoms with Crippen LogP contribution in [0.1, 0.15) is 11.1 Å². The van der Waals surface area contributed by atoms with Gasteiger partial charge in [0.25, 0.3) is 0 Å². The van der Waals surface area contributed by atoms with Gasteiger partial charge in [-0.1, -0.05) is 109 Å². The zero-order chi connectivity index (χ0) is 27.6. The summed E-state index contributed by atoms with van der Waals surface area (Å²) >= 11 is 0. The predicted octanol–water partition coefficient (Wildman–Crippen LogP) is 9.99. The first-order chi connectivity index (χ1) is 20.8. The molecule has 0 spiro atoms. The smallest absolute Gasteiger partial charge is 0.160 e. The molecule has 2 aliphatic heterocycles. The highest BCUT2D eigenvalue weighted by atomic mass is 15.2. The zero-order valence-electron chi connectivity index (χ0n) is 22.8. The van der Waals surface area contributed by atoms with Gasteiger partial charge in [-0.2, -0.15) is 0 Å². The average molecular weight is 536 g/mol. The van der Waals surface area contributed by atoms with Crippen molar-refractivity contribution >= 4 is 28.0 Å². The lowest BCUT2D eigenvalue weighted by molar-refractivity contribution is 1.09. The summed E-state index contributed by atoms with van der Waals surface area (Å²) in [5.74, 6) is 0.747. The molecule has 6 aromatic carbocycles. The predicted molar refractivity (Wildman–Crippen MR) is 172 cm³/mol. The lowest BCUT2D eigenvalue weighted by Crippen LogP contribution is -2.19. The van der Waals surface area contributed by atoms with E-state index in [1.54, 1.807) is 0 Å². The van der Waals surface area contributed by atoms with Crippen LogP contribution >= 0.6 is 0 Å². The number of rotatable bonds is 2. The minimum Gasteiger partial charge on any atom is -0.309 e. The Balaban J connectivity index is 1.36. The molecule has 3 heterocycles. The molecule has 3 heteroatoms. The molecule has 1 aromatic heterocycles. The van der Waals surface area contributed by atoms with Gasteiger partial charge >= 0.3 is 0 Å². The van der Waals surface area contributed by atoms with Gasteiger partial charge in [0.2, 0.25) is 0 Å². The second-order valence-corrected chi connectivity index (χ2v) is 11.0. The standard InChI is InChI=1S/C39H25N3/c1-2-12-25(13-3-1)37-32-18-7-9-19-34(32)40-39(41-37)28-23-27-22-26-14-4-10-20-35(26)42-36-21-11-8-17-31(36)29-15-5-6-16-30(29)33(24-28)38(27)42/h1-21,23-24H,22H2. The Hall–Kier alpha value is -5.54. The molecule has 0 saturated carbocycles. The Morgan fingerprint density at radius 1 is 0.476 bits per heavy atom.